The molecular weight excluding hydrogens is 451 g/mol. The minimum absolute atomic E-state index is 0.00271. The summed E-state index contributed by atoms with van der Waals surface area (Å²) in [7, 11) is 1.28. The molecule has 176 valence electrons. The number of aliphatic carboxylic acids is 1. The fourth-order valence-corrected chi connectivity index (χ4v) is 4.17. The van der Waals surface area contributed by atoms with Gasteiger partial charge in [0.2, 0.25) is 0 Å². The number of rotatable bonds is 7. The van der Waals surface area contributed by atoms with Gasteiger partial charge in [0, 0.05) is 34.7 Å². The zero-order chi connectivity index (χ0) is 24.8. The van der Waals surface area contributed by atoms with Crippen molar-refractivity contribution >= 4 is 28.0 Å². The van der Waals surface area contributed by atoms with Crippen molar-refractivity contribution in [3.63, 3.8) is 0 Å². The first-order valence-electron chi connectivity index (χ1n) is 10.2. The molecule has 0 aliphatic heterocycles. The van der Waals surface area contributed by atoms with Gasteiger partial charge in [-0.05, 0) is 18.2 Å². The van der Waals surface area contributed by atoms with Gasteiger partial charge < -0.3 is 14.4 Å². The Kier molecular flexibility index (Phi) is 5.47. The molecular formula is C23H20F3N5O3. The zero-order valence-electron chi connectivity index (χ0n) is 18.5. The van der Waals surface area contributed by atoms with Gasteiger partial charge in [-0.2, -0.15) is 10.4 Å². The lowest BCUT2D eigenvalue weighted by molar-refractivity contribution is -0.145. The molecule has 0 unspecified atom stereocenters. The molecule has 34 heavy (non-hydrogen) atoms. The minimum atomic E-state index is -3.83. The topological polar surface area (TPSA) is 117 Å². The maximum Gasteiger partial charge on any atom is 0.309 e. The Bertz CT molecular complexity index is 1470. The number of halogens is 3. The molecule has 4 rings (SSSR count). The monoisotopic (exact) mass is 471 g/mol. The van der Waals surface area contributed by atoms with E-state index in [4.69, 9.17) is 4.74 Å². The number of nitrogens with one attached hydrogen (secondary N) is 1. The lowest BCUT2D eigenvalue weighted by Crippen LogP contribution is -2.28. The van der Waals surface area contributed by atoms with Gasteiger partial charge in [0.25, 0.3) is 5.92 Å². The van der Waals surface area contributed by atoms with Crippen LogP contribution in [0.2, 0.25) is 0 Å². The molecule has 0 bridgehead atoms. The number of alkyl halides is 2. The second-order valence-electron chi connectivity index (χ2n) is 8.54. The van der Waals surface area contributed by atoms with Crippen LogP contribution in [0.3, 0.4) is 0 Å². The summed E-state index contributed by atoms with van der Waals surface area (Å²) >= 11 is 0. The number of carboxylic acids is 1. The highest BCUT2D eigenvalue weighted by Gasteiger charge is 2.45. The maximum absolute atomic E-state index is 15.6. The van der Waals surface area contributed by atoms with Crippen molar-refractivity contribution < 1.29 is 27.8 Å². The highest BCUT2D eigenvalue weighted by molar-refractivity contribution is 5.94. The lowest BCUT2D eigenvalue weighted by atomic mass is 9.82. The summed E-state index contributed by atoms with van der Waals surface area (Å²) in [5.74, 6) is -6.28. The van der Waals surface area contributed by atoms with Crippen LogP contribution in [0.15, 0.2) is 30.5 Å². The summed E-state index contributed by atoms with van der Waals surface area (Å²) in [6, 6.07) is 7.48. The standard InChI is InChI=1S/C23H20F3N5O3/c1-22(2,6-7-27)20-18(23(25,26)10-17(32)33)19-15(8-12-11-28-30-21(12)29-19)31(20)13-4-5-14(24)16(9-13)34-3/h4-5,8-9,11H,6,10H2,1-3H3,(H,32,33)(H,28,29,30). The molecule has 0 spiro atoms. The second-order valence-corrected chi connectivity index (χ2v) is 8.54. The fourth-order valence-electron chi connectivity index (χ4n) is 4.17. The Morgan fingerprint density at radius 3 is 2.71 bits per heavy atom. The van der Waals surface area contributed by atoms with Gasteiger partial charge in [-0.15, -0.1) is 0 Å². The highest BCUT2D eigenvalue weighted by Crippen LogP contribution is 2.47. The third-order valence-electron chi connectivity index (χ3n) is 5.64. The Labute approximate surface area is 191 Å². The van der Waals surface area contributed by atoms with Crippen LogP contribution in [-0.2, 0) is 16.1 Å². The smallest absolute Gasteiger partial charge is 0.309 e. The van der Waals surface area contributed by atoms with Gasteiger partial charge in [-0.1, -0.05) is 13.8 Å². The average molecular weight is 471 g/mol. The number of nitrogens with zero attached hydrogens (tertiary/aromatic N) is 4. The number of hydrogen-bond acceptors (Lipinski definition) is 5. The molecule has 3 heterocycles. The number of pyridine rings is 1. The first-order chi connectivity index (χ1) is 16.0. The van der Waals surface area contributed by atoms with Gasteiger partial charge in [0.1, 0.15) is 11.9 Å². The van der Waals surface area contributed by atoms with E-state index >= 15 is 8.78 Å². The van der Waals surface area contributed by atoms with Crippen molar-refractivity contribution in [1.29, 1.82) is 5.26 Å². The number of hydrogen-bond donors (Lipinski definition) is 2. The van der Waals surface area contributed by atoms with E-state index in [-0.39, 0.29) is 40.2 Å². The van der Waals surface area contributed by atoms with Crippen molar-refractivity contribution in [3.05, 3.63) is 47.5 Å². The molecule has 0 aliphatic carbocycles. The predicted octanol–water partition coefficient (Wildman–Crippen LogP) is 4.81. The van der Waals surface area contributed by atoms with Crippen LogP contribution in [0, 0.1) is 17.1 Å². The Balaban J connectivity index is 2.23. The van der Waals surface area contributed by atoms with Crippen LogP contribution in [0.1, 0.15) is 37.9 Å². The number of benzene rings is 1. The summed E-state index contributed by atoms with van der Waals surface area (Å²) < 4.78 is 51.9. The number of aromatic amines is 1. The molecule has 2 N–H and O–H groups in total. The normalized spacial score (nSPS) is 12.3. The first kappa shape index (κ1) is 23.1. The van der Waals surface area contributed by atoms with E-state index in [0.717, 1.165) is 6.07 Å². The number of aromatic nitrogens is 4. The van der Waals surface area contributed by atoms with Crippen molar-refractivity contribution in [1.82, 2.24) is 19.7 Å². The van der Waals surface area contributed by atoms with Gasteiger partial charge >= 0.3 is 5.97 Å². The number of nitriles is 1. The number of ether oxygens (including phenoxy) is 1. The molecule has 0 atom stereocenters. The highest BCUT2D eigenvalue weighted by atomic mass is 19.3. The van der Waals surface area contributed by atoms with E-state index in [2.05, 4.69) is 15.2 Å². The van der Waals surface area contributed by atoms with Gasteiger partial charge in [-0.3, -0.25) is 9.89 Å². The van der Waals surface area contributed by atoms with Crippen LogP contribution in [-0.4, -0.2) is 37.9 Å². The minimum Gasteiger partial charge on any atom is -0.494 e. The zero-order valence-corrected chi connectivity index (χ0v) is 18.5. The summed E-state index contributed by atoms with van der Waals surface area (Å²) in [6.45, 7) is 3.21. The van der Waals surface area contributed by atoms with Crippen molar-refractivity contribution in [2.75, 3.05) is 7.11 Å². The molecule has 8 nitrogen and oxygen atoms in total. The summed E-state index contributed by atoms with van der Waals surface area (Å²) in [5.41, 5.74) is -1.18. The third-order valence-corrected chi connectivity index (χ3v) is 5.64. The van der Waals surface area contributed by atoms with E-state index in [1.54, 1.807) is 19.9 Å². The van der Waals surface area contributed by atoms with E-state index < -0.39 is 35.1 Å². The number of carboxylic acid groups (broad SMARTS) is 1. The number of fused-ring (bicyclic) bond motifs is 2. The number of methoxy groups -OCH3 is 1. The van der Waals surface area contributed by atoms with Crippen LogP contribution >= 0.6 is 0 Å². The van der Waals surface area contributed by atoms with Crippen LogP contribution < -0.4 is 4.74 Å². The lowest BCUT2D eigenvalue weighted by Gasteiger charge is -2.28. The fraction of sp³-hybridized carbons (Fsp3) is 0.304. The number of carbonyl (C=O) groups is 1. The van der Waals surface area contributed by atoms with Crippen LogP contribution in [0.25, 0.3) is 27.8 Å². The first-order valence-corrected chi connectivity index (χ1v) is 10.2. The molecule has 0 aliphatic rings. The van der Waals surface area contributed by atoms with Crippen LogP contribution in [0.5, 0.6) is 5.75 Å². The molecule has 0 fully saturated rings. The van der Waals surface area contributed by atoms with E-state index in [1.807, 2.05) is 6.07 Å². The average Bonchev–Trinajstić information content (AvgIpc) is 3.34. The van der Waals surface area contributed by atoms with Crippen LogP contribution in [0.4, 0.5) is 13.2 Å². The Morgan fingerprint density at radius 1 is 1.32 bits per heavy atom. The summed E-state index contributed by atoms with van der Waals surface area (Å²) in [5, 5.41) is 25.7. The molecule has 0 radical (unpaired) electrons. The Hall–Kier alpha value is -4.07. The van der Waals surface area contributed by atoms with Crippen molar-refractivity contribution in [2.24, 2.45) is 0 Å². The van der Waals surface area contributed by atoms with E-state index in [1.165, 1.54) is 30.0 Å². The quantitative estimate of drug-likeness (QED) is 0.400. The molecule has 1 aromatic carbocycles. The maximum atomic E-state index is 15.6. The summed E-state index contributed by atoms with van der Waals surface area (Å²) in [6.07, 6.45) is -0.159. The van der Waals surface area contributed by atoms with E-state index in [9.17, 15) is 19.6 Å². The molecule has 0 amide bonds. The molecule has 0 saturated heterocycles. The largest absolute Gasteiger partial charge is 0.494 e. The number of H-pyrrole nitrogens is 1. The van der Waals surface area contributed by atoms with E-state index in [0.29, 0.717) is 5.39 Å². The molecule has 3 aromatic heterocycles. The van der Waals surface area contributed by atoms with Crippen molar-refractivity contribution in [2.45, 2.75) is 38.0 Å². The predicted molar refractivity (Wildman–Crippen MR) is 117 cm³/mol. The third kappa shape index (κ3) is 3.71. The molecule has 11 heteroatoms. The second kappa shape index (κ2) is 8.06. The van der Waals surface area contributed by atoms with Gasteiger partial charge in [0.05, 0.1) is 30.5 Å². The SMILES string of the molecule is COc1cc(-n2c(C(C)(C)CC#N)c(C(F)(F)CC(=O)O)c3nc4[nH]ncc4cc32)ccc1F. The molecule has 0 saturated carbocycles. The van der Waals surface area contributed by atoms with Crippen molar-refractivity contribution in [3.8, 4) is 17.5 Å². The Morgan fingerprint density at radius 2 is 2.06 bits per heavy atom. The molecule has 4 aromatic rings. The van der Waals surface area contributed by atoms with Gasteiger partial charge in [0.15, 0.2) is 17.2 Å². The van der Waals surface area contributed by atoms with Gasteiger partial charge in [-0.25, -0.2) is 18.2 Å². The summed E-state index contributed by atoms with van der Waals surface area (Å²) in [4.78, 5) is 15.7.